The van der Waals surface area contributed by atoms with Crippen molar-refractivity contribution in [2.45, 2.75) is 172 Å². The number of aliphatic carboxylic acids is 2. The average molecular weight is 1420 g/mol. The number of aliphatic hydroxyl groups is 1. The molecule has 0 heterocycles. The van der Waals surface area contributed by atoms with E-state index in [0.717, 1.165) is 0 Å². The fourth-order valence-corrected chi connectivity index (χ4v) is 10.1. The van der Waals surface area contributed by atoms with Gasteiger partial charge in [-0.1, -0.05) is 82.3 Å². The van der Waals surface area contributed by atoms with Crippen LogP contribution in [0.4, 0.5) is 0 Å². The first-order valence-corrected chi connectivity index (χ1v) is 33.0. The van der Waals surface area contributed by atoms with Crippen LogP contribution in [0.15, 0.2) is 88.8 Å². The van der Waals surface area contributed by atoms with Gasteiger partial charge in [-0.05, 0) is 105 Å². The molecule has 3 aromatic carbocycles. The predicted octanol–water partition coefficient (Wildman–Crippen LogP) is -3.61. The van der Waals surface area contributed by atoms with Crippen LogP contribution in [0, 0.1) is 11.8 Å². The molecule has 0 bridgehead atoms. The predicted molar refractivity (Wildman–Crippen MR) is 371 cm³/mol. The number of nitrogens with one attached hydrogen (secondary N) is 10. The molecule has 0 saturated carbocycles. The maximum absolute atomic E-state index is 14.5. The van der Waals surface area contributed by atoms with E-state index in [2.05, 4.69) is 75.8 Å². The number of amides is 10. The van der Waals surface area contributed by atoms with Crippen molar-refractivity contribution < 1.29 is 83.1 Å². The maximum atomic E-state index is 14.5. The molecule has 550 valence electrons. The van der Waals surface area contributed by atoms with Crippen LogP contribution in [0.2, 0.25) is 0 Å². The van der Waals surface area contributed by atoms with Crippen LogP contribution < -0.4 is 81.8 Å². The number of carbonyl (C=O) groups excluding carboxylic acids is 10. The highest BCUT2D eigenvalue weighted by Crippen LogP contribution is 2.16. The molecule has 0 aliphatic heterocycles. The van der Waals surface area contributed by atoms with Crippen LogP contribution >= 0.6 is 12.6 Å². The quantitative estimate of drug-likeness (QED) is 0.0113. The Morgan fingerprint density at radius 3 is 1.19 bits per heavy atom. The SMILES string of the molecule is CC(C)C[C@H](NC(=O)[C@H](Cc1ccccc1)NC(=O)[C@H](CCCN=C(N)N)NC(=O)[C@H](Cc1ccc(O)cc1)NC(=O)[C@H](CO)NC(=O)[C@H](CS)NC(=O)CC[C@H](NC(=O)[C@H](C)NC(=O)[C@H](CCCN=C(N)N)NC(=O)[C@H](Cc1ccc(O)cc1)NC(=O)[C@@H](N)CC(C)C)C(=O)O)C(=O)O. The standard InChI is InChI=1S/C65H97N17O17S/c1-34(2)27-42(66)54(88)78-46(30-38-15-19-40(84)20-16-38)57(91)75-43(13-9-25-71-64(67)68)55(89)73-36(5)53(87)77-45(62(96)97)23-24-52(86)74-51(33-100)61(95)82-50(32-83)60(94)80-48(31-39-17-21-41(85)22-18-39)58(92)76-44(14-10-26-72-65(69)70)56(90)79-47(29-37-11-7-6-8-12-37)59(93)81-49(63(98)99)28-35(3)4/h6-8,11-12,15-22,34-36,42-51,83-85,100H,9-10,13-14,23-33,66H2,1-5H3,(H,73,89)(H,74,86)(H,75,91)(H,76,92)(H,77,87)(H,78,88)(H,79,90)(H,80,94)(H,81,93)(H,82,95)(H,96,97)(H,98,99)(H4,67,68,71)(H4,69,70,72)/t36-,42-,43-,44-,45-,46-,47-,48-,49-,50-,51-/m0/s1. The number of benzene rings is 3. The second-order valence-corrected chi connectivity index (χ2v) is 25.0. The number of aliphatic imine (C=N–C) groups is 2. The van der Waals surface area contributed by atoms with E-state index in [1.807, 2.05) is 13.8 Å². The Labute approximate surface area is 584 Å². The zero-order chi connectivity index (χ0) is 74.8. The lowest BCUT2D eigenvalue weighted by atomic mass is 10.0. The van der Waals surface area contributed by atoms with E-state index < -0.39 is 163 Å². The maximum Gasteiger partial charge on any atom is 0.326 e. The van der Waals surface area contributed by atoms with Gasteiger partial charge in [-0.2, -0.15) is 12.6 Å². The van der Waals surface area contributed by atoms with Crippen molar-refractivity contribution in [3.8, 4) is 11.5 Å². The number of aromatic hydroxyl groups is 2. The third kappa shape index (κ3) is 31.5. The van der Waals surface area contributed by atoms with Crippen molar-refractivity contribution in [2.24, 2.45) is 50.5 Å². The Bertz CT molecular complexity index is 3280. The van der Waals surface area contributed by atoms with Gasteiger partial charge in [0.15, 0.2) is 11.9 Å². The fraction of sp³-hybridized carbons (Fsp3) is 0.508. The molecule has 0 radical (unpaired) electrons. The minimum Gasteiger partial charge on any atom is -0.508 e. The molecule has 0 spiro atoms. The third-order valence-corrected chi connectivity index (χ3v) is 15.5. The highest BCUT2D eigenvalue weighted by Gasteiger charge is 2.36. The van der Waals surface area contributed by atoms with Crippen LogP contribution in [0.25, 0.3) is 0 Å². The van der Waals surface area contributed by atoms with Gasteiger partial charge in [-0.15, -0.1) is 0 Å². The van der Waals surface area contributed by atoms with Gasteiger partial charge in [0.25, 0.3) is 0 Å². The molecule has 34 nitrogen and oxygen atoms in total. The topological polar surface area (TPSA) is 581 Å². The molecule has 0 fully saturated rings. The number of phenolic OH excluding ortho intramolecular Hbond substituents is 2. The summed E-state index contributed by atoms with van der Waals surface area (Å²) in [7, 11) is 0. The lowest BCUT2D eigenvalue weighted by molar-refractivity contribution is -0.143. The smallest absolute Gasteiger partial charge is 0.326 e. The Morgan fingerprint density at radius 2 is 0.780 bits per heavy atom. The fourth-order valence-electron chi connectivity index (χ4n) is 9.84. The van der Waals surface area contributed by atoms with E-state index in [0.29, 0.717) is 16.7 Å². The Morgan fingerprint density at radius 1 is 0.420 bits per heavy atom. The molecule has 3 aromatic rings. The van der Waals surface area contributed by atoms with Crippen LogP contribution in [0.5, 0.6) is 11.5 Å². The monoisotopic (exact) mass is 1420 g/mol. The number of thiol groups is 1. The van der Waals surface area contributed by atoms with Gasteiger partial charge in [0, 0.05) is 44.5 Å². The van der Waals surface area contributed by atoms with E-state index in [4.69, 9.17) is 28.7 Å². The molecular weight excluding hydrogens is 1320 g/mol. The number of aliphatic hydroxyl groups excluding tert-OH is 1. The van der Waals surface area contributed by atoms with E-state index in [1.54, 1.807) is 44.2 Å². The molecule has 0 aromatic heterocycles. The number of carboxylic acid groups (broad SMARTS) is 2. The molecule has 35 heteroatoms. The summed E-state index contributed by atoms with van der Waals surface area (Å²) >= 11 is 4.16. The van der Waals surface area contributed by atoms with Gasteiger partial charge < -0.3 is 107 Å². The van der Waals surface area contributed by atoms with E-state index in [1.165, 1.54) is 55.5 Å². The zero-order valence-electron chi connectivity index (χ0n) is 56.5. The van der Waals surface area contributed by atoms with E-state index >= 15 is 0 Å². The van der Waals surface area contributed by atoms with Gasteiger partial charge in [0.05, 0.1) is 12.6 Å². The van der Waals surface area contributed by atoms with Crippen molar-refractivity contribution in [3.05, 3.63) is 95.6 Å². The largest absolute Gasteiger partial charge is 0.508 e. The van der Waals surface area contributed by atoms with Crippen LogP contribution in [-0.2, 0) is 76.8 Å². The van der Waals surface area contributed by atoms with Crippen molar-refractivity contribution >= 4 is 95.6 Å². The summed E-state index contributed by atoms with van der Waals surface area (Å²) in [6.45, 7) is 7.34. The number of phenols is 2. The first kappa shape index (κ1) is 83.9. The summed E-state index contributed by atoms with van der Waals surface area (Å²) in [6, 6.07) is 3.56. The summed E-state index contributed by atoms with van der Waals surface area (Å²) in [5, 5.41) is 75.2. The van der Waals surface area contributed by atoms with Gasteiger partial charge in [-0.3, -0.25) is 57.9 Å². The summed E-state index contributed by atoms with van der Waals surface area (Å²) in [5.74, 6) is -13.6. The molecule has 25 N–H and O–H groups in total. The molecule has 0 unspecified atom stereocenters. The number of carboxylic acids is 2. The number of hydrogen-bond donors (Lipinski definition) is 21. The van der Waals surface area contributed by atoms with Crippen molar-refractivity contribution in [3.63, 3.8) is 0 Å². The van der Waals surface area contributed by atoms with Gasteiger partial charge >= 0.3 is 11.9 Å². The summed E-state index contributed by atoms with van der Waals surface area (Å²) in [4.78, 5) is 171. The summed E-state index contributed by atoms with van der Waals surface area (Å²) in [6.07, 6.45) is -1.54. The van der Waals surface area contributed by atoms with E-state index in [-0.39, 0.29) is 106 Å². The molecule has 0 saturated heterocycles. The van der Waals surface area contributed by atoms with Crippen molar-refractivity contribution in [2.75, 3.05) is 25.4 Å². The molecule has 0 aliphatic rings. The first-order chi connectivity index (χ1) is 47.2. The van der Waals surface area contributed by atoms with Crippen LogP contribution in [0.1, 0.15) is 103 Å². The van der Waals surface area contributed by atoms with E-state index in [9.17, 15) is 83.1 Å². The lowest BCUT2D eigenvalue weighted by Crippen LogP contribution is -2.60. The Kier molecular flexibility index (Phi) is 36.2. The number of guanidine groups is 2. The number of nitrogens with zero attached hydrogens (tertiary/aromatic N) is 2. The highest BCUT2D eigenvalue weighted by molar-refractivity contribution is 7.80. The molecular formula is C65H97N17O17S. The first-order valence-electron chi connectivity index (χ1n) is 32.4. The normalized spacial score (nSPS) is 14.3. The number of rotatable bonds is 44. The minimum atomic E-state index is -1.84. The number of hydrogen-bond acceptors (Lipinski definition) is 19. The third-order valence-electron chi connectivity index (χ3n) is 15.2. The van der Waals surface area contributed by atoms with Crippen molar-refractivity contribution in [1.82, 2.24) is 53.2 Å². The highest BCUT2D eigenvalue weighted by atomic mass is 32.1. The van der Waals surface area contributed by atoms with Crippen LogP contribution in [0.3, 0.4) is 0 Å². The van der Waals surface area contributed by atoms with Crippen LogP contribution in [-0.4, -0.2) is 200 Å². The summed E-state index contributed by atoms with van der Waals surface area (Å²) in [5.41, 5.74) is 29.6. The minimum absolute atomic E-state index is 0.0121. The second kappa shape index (κ2) is 43.2. The molecule has 10 amide bonds. The van der Waals surface area contributed by atoms with Gasteiger partial charge in [0.2, 0.25) is 59.1 Å². The van der Waals surface area contributed by atoms with Gasteiger partial charge in [-0.25, -0.2) is 9.59 Å². The number of nitrogens with two attached hydrogens (primary N) is 5. The lowest BCUT2D eigenvalue weighted by Gasteiger charge is -2.27. The molecule has 100 heavy (non-hydrogen) atoms. The molecule has 11 atom stereocenters. The summed E-state index contributed by atoms with van der Waals surface area (Å²) < 4.78 is 0. The second-order valence-electron chi connectivity index (χ2n) is 24.6. The number of carbonyl (C=O) groups is 12. The molecule has 3 rings (SSSR count). The Balaban J connectivity index is 1.79. The average Bonchev–Trinajstić information content (AvgIpc) is 0.861. The van der Waals surface area contributed by atoms with Crippen molar-refractivity contribution in [1.29, 1.82) is 0 Å². The zero-order valence-corrected chi connectivity index (χ0v) is 57.4. The van der Waals surface area contributed by atoms with Gasteiger partial charge in [0.1, 0.15) is 71.9 Å². The Hall–Kier alpha value is -10.3. The molecule has 0 aliphatic carbocycles.